The van der Waals surface area contributed by atoms with Gasteiger partial charge in [-0.2, -0.15) is 0 Å². The first-order chi connectivity index (χ1) is 14.2. The zero-order valence-corrected chi connectivity index (χ0v) is 15.9. The van der Waals surface area contributed by atoms with E-state index in [0.29, 0.717) is 11.4 Å². The molecule has 0 fully saturated rings. The fourth-order valence-electron chi connectivity index (χ4n) is 3.30. The van der Waals surface area contributed by atoms with Crippen molar-refractivity contribution in [3.63, 3.8) is 0 Å². The summed E-state index contributed by atoms with van der Waals surface area (Å²) in [6.07, 6.45) is 0. The number of rotatable bonds is 5. The van der Waals surface area contributed by atoms with Crippen LogP contribution in [0.4, 0.5) is 11.4 Å². The molecule has 0 amide bonds. The van der Waals surface area contributed by atoms with Crippen LogP contribution in [0.2, 0.25) is 0 Å². The molecule has 4 aromatic carbocycles. The molecule has 0 unspecified atom stereocenters. The van der Waals surface area contributed by atoms with Crippen molar-refractivity contribution in [2.45, 2.75) is 6.92 Å². The second kappa shape index (κ2) is 7.98. The van der Waals surface area contributed by atoms with Crippen LogP contribution in [0.25, 0.3) is 33.4 Å². The van der Waals surface area contributed by atoms with Crippen molar-refractivity contribution in [3.8, 4) is 33.4 Å². The molecule has 0 aliphatic heterocycles. The second-order valence-electron chi connectivity index (χ2n) is 6.94. The van der Waals surface area contributed by atoms with Crippen molar-refractivity contribution in [1.82, 2.24) is 0 Å². The zero-order valence-electron chi connectivity index (χ0n) is 15.9. The van der Waals surface area contributed by atoms with Crippen LogP contribution in [0, 0.1) is 16.7 Å². The molecule has 0 aliphatic rings. The van der Waals surface area contributed by atoms with E-state index in [1.165, 1.54) is 5.56 Å². The molecular formula is C25H18N2O2. The van der Waals surface area contributed by atoms with Crippen LogP contribution in [0.15, 0.2) is 101 Å². The normalized spacial score (nSPS) is 10.5. The number of hydrogen-bond donors (Lipinski definition) is 0. The van der Waals surface area contributed by atoms with E-state index < -0.39 is 0 Å². The van der Waals surface area contributed by atoms with E-state index in [1.54, 1.807) is 24.3 Å². The molecule has 0 N–H and O–H groups in total. The maximum Gasteiger partial charge on any atom is 0.108 e. The molecule has 4 aromatic rings. The van der Waals surface area contributed by atoms with Gasteiger partial charge >= 0.3 is 0 Å². The SMILES string of the molecule is Cc1ccc(-c2cc(-c3ccc(N=O)cc3)cc(-c3ccc(N=O)cc3)c2)cc1. The van der Waals surface area contributed by atoms with Crippen molar-refractivity contribution in [2.75, 3.05) is 0 Å². The monoisotopic (exact) mass is 378 g/mol. The van der Waals surface area contributed by atoms with E-state index in [2.05, 4.69) is 59.7 Å². The maximum absolute atomic E-state index is 10.7. The molecule has 4 rings (SSSR count). The Labute approximate surface area is 168 Å². The fourth-order valence-corrected chi connectivity index (χ4v) is 3.30. The van der Waals surface area contributed by atoms with E-state index in [9.17, 15) is 9.81 Å². The molecule has 0 bridgehead atoms. The highest BCUT2D eigenvalue weighted by Crippen LogP contribution is 2.34. The lowest BCUT2D eigenvalue weighted by molar-refractivity contribution is 1.46. The average molecular weight is 378 g/mol. The summed E-state index contributed by atoms with van der Waals surface area (Å²) < 4.78 is 0. The predicted molar refractivity (Wildman–Crippen MR) is 118 cm³/mol. The smallest absolute Gasteiger partial charge is 0.108 e. The lowest BCUT2D eigenvalue weighted by Crippen LogP contribution is -1.86. The molecule has 0 saturated carbocycles. The highest BCUT2D eigenvalue weighted by atomic mass is 16.3. The Balaban J connectivity index is 1.86. The van der Waals surface area contributed by atoms with Gasteiger partial charge in [0.2, 0.25) is 0 Å². The van der Waals surface area contributed by atoms with Crippen molar-refractivity contribution >= 4 is 11.4 Å². The predicted octanol–water partition coefficient (Wildman–Crippen LogP) is 7.79. The summed E-state index contributed by atoms with van der Waals surface area (Å²) in [5.41, 5.74) is 8.29. The Morgan fingerprint density at radius 2 is 0.759 bits per heavy atom. The first-order valence-corrected chi connectivity index (χ1v) is 9.26. The van der Waals surface area contributed by atoms with Crippen molar-refractivity contribution in [2.24, 2.45) is 10.4 Å². The third kappa shape index (κ3) is 4.01. The molecule has 4 nitrogen and oxygen atoms in total. The second-order valence-corrected chi connectivity index (χ2v) is 6.94. The third-order valence-electron chi connectivity index (χ3n) is 4.93. The summed E-state index contributed by atoms with van der Waals surface area (Å²) in [5, 5.41) is 5.95. The Morgan fingerprint density at radius 1 is 0.448 bits per heavy atom. The molecular weight excluding hydrogens is 360 g/mol. The molecule has 0 radical (unpaired) electrons. The first kappa shape index (κ1) is 18.4. The number of nitroso groups, excluding NO2 is 2. The fraction of sp³-hybridized carbons (Fsp3) is 0.0400. The van der Waals surface area contributed by atoms with Crippen LogP contribution in [0.3, 0.4) is 0 Å². The topological polar surface area (TPSA) is 58.9 Å². The van der Waals surface area contributed by atoms with Gasteiger partial charge < -0.3 is 0 Å². The number of benzene rings is 4. The van der Waals surface area contributed by atoms with Gasteiger partial charge in [0.1, 0.15) is 11.4 Å². The van der Waals surface area contributed by atoms with Crippen LogP contribution in [0.5, 0.6) is 0 Å². The summed E-state index contributed by atoms with van der Waals surface area (Å²) in [6, 6.07) is 29.2. The highest BCUT2D eigenvalue weighted by Gasteiger charge is 2.08. The molecule has 4 heteroatoms. The summed E-state index contributed by atoms with van der Waals surface area (Å²) in [6.45, 7) is 2.07. The van der Waals surface area contributed by atoms with Gasteiger partial charge in [-0.15, -0.1) is 9.81 Å². The van der Waals surface area contributed by atoms with Gasteiger partial charge in [0, 0.05) is 0 Å². The molecule has 0 atom stereocenters. The molecule has 140 valence electrons. The average Bonchev–Trinajstić information content (AvgIpc) is 2.79. The molecule has 29 heavy (non-hydrogen) atoms. The van der Waals surface area contributed by atoms with Gasteiger partial charge in [-0.05, 0) is 93.1 Å². The standard InChI is InChI=1S/C25H18N2O2/c1-17-2-4-18(5-3-17)21-14-22(19-6-10-24(26-28)11-7-19)16-23(15-21)20-8-12-25(27-29)13-9-20/h2-16H,1H3. The van der Waals surface area contributed by atoms with Crippen LogP contribution in [-0.2, 0) is 0 Å². The zero-order chi connectivity index (χ0) is 20.2. The van der Waals surface area contributed by atoms with Crippen molar-refractivity contribution in [1.29, 1.82) is 0 Å². The number of aryl methyl sites for hydroxylation is 1. The Bertz CT molecular complexity index is 1090. The van der Waals surface area contributed by atoms with E-state index in [1.807, 2.05) is 24.3 Å². The molecule has 0 heterocycles. The largest absolute Gasteiger partial charge is 0.145 e. The van der Waals surface area contributed by atoms with Crippen molar-refractivity contribution < 1.29 is 0 Å². The summed E-state index contributed by atoms with van der Waals surface area (Å²) in [4.78, 5) is 21.5. The van der Waals surface area contributed by atoms with E-state index >= 15 is 0 Å². The molecule has 0 aromatic heterocycles. The lowest BCUT2D eigenvalue weighted by atomic mass is 9.93. The summed E-state index contributed by atoms with van der Waals surface area (Å²) in [7, 11) is 0. The number of hydrogen-bond acceptors (Lipinski definition) is 4. The summed E-state index contributed by atoms with van der Waals surface area (Å²) in [5.74, 6) is 0. The minimum absolute atomic E-state index is 0.403. The minimum atomic E-state index is 0.403. The lowest BCUT2D eigenvalue weighted by Gasteiger charge is -2.12. The molecule has 0 spiro atoms. The van der Waals surface area contributed by atoms with Crippen LogP contribution in [-0.4, -0.2) is 0 Å². The van der Waals surface area contributed by atoms with E-state index in [0.717, 1.165) is 33.4 Å². The van der Waals surface area contributed by atoms with Gasteiger partial charge in [-0.25, -0.2) is 0 Å². The number of nitrogens with zero attached hydrogens (tertiary/aromatic N) is 2. The Hall–Kier alpha value is -3.92. The Kier molecular flexibility index (Phi) is 5.08. The highest BCUT2D eigenvalue weighted by molar-refractivity contribution is 5.81. The molecule has 0 aliphatic carbocycles. The molecule has 0 saturated heterocycles. The van der Waals surface area contributed by atoms with E-state index in [-0.39, 0.29) is 0 Å². The van der Waals surface area contributed by atoms with Crippen LogP contribution in [0.1, 0.15) is 5.56 Å². The van der Waals surface area contributed by atoms with Gasteiger partial charge in [0.25, 0.3) is 0 Å². The first-order valence-electron chi connectivity index (χ1n) is 9.26. The quantitative estimate of drug-likeness (QED) is 0.333. The van der Waals surface area contributed by atoms with Gasteiger partial charge in [0.15, 0.2) is 0 Å². The van der Waals surface area contributed by atoms with Crippen LogP contribution < -0.4 is 0 Å². The van der Waals surface area contributed by atoms with Gasteiger partial charge in [0.05, 0.1) is 0 Å². The minimum Gasteiger partial charge on any atom is -0.145 e. The van der Waals surface area contributed by atoms with Crippen LogP contribution >= 0.6 is 0 Å². The van der Waals surface area contributed by atoms with E-state index in [4.69, 9.17) is 0 Å². The maximum atomic E-state index is 10.7. The Morgan fingerprint density at radius 3 is 1.07 bits per heavy atom. The third-order valence-corrected chi connectivity index (χ3v) is 4.93. The van der Waals surface area contributed by atoms with Gasteiger partial charge in [-0.1, -0.05) is 54.1 Å². The van der Waals surface area contributed by atoms with Gasteiger partial charge in [-0.3, -0.25) is 0 Å². The summed E-state index contributed by atoms with van der Waals surface area (Å²) >= 11 is 0. The van der Waals surface area contributed by atoms with Crippen molar-refractivity contribution in [3.05, 3.63) is 106 Å².